The minimum atomic E-state index is -3.86. The smallest absolute Gasteiger partial charge is 0.238 e. The molecule has 0 atom stereocenters. The van der Waals surface area contributed by atoms with Gasteiger partial charge in [0.1, 0.15) is 0 Å². The average Bonchev–Trinajstić information content (AvgIpc) is 3.23. The van der Waals surface area contributed by atoms with Crippen LogP contribution in [0, 0.1) is 13.8 Å². The minimum Gasteiger partial charge on any atom is -0.348 e. The van der Waals surface area contributed by atoms with E-state index in [2.05, 4.69) is 4.57 Å². The van der Waals surface area contributed by atoms with Crippen molar-refractivity contribution < 1.29 is 16.8 Å². The van der Waals surface area contributed by atoms with E-state index >= 15 is 0 Å². The third kappa shape index (κ3) is 3.47. The number of hydrogen-bond donors (Lipinski definition) is 2. The van der Waals surface area contributed by atoms with Crippen molar-refractivity contribution >= 4 is 20.0 Å². The van der Waals surface area contributed by atoms with Crippen LogP contribution in [0.4, 0.5) is 0 Å². The van der Waals surface area contributed by atoms with E-state index in [1.165, 1.54) is 12.1 Å². The SMILES string of the molecule is Cc1ccc(-c2c(-c3ccc(S(N)(=O)=O)cc3)c3n(c2C)CCC3)cc1S(N)(=O)=O. The summed E-state index contributed by atoms with van der Waals surface area (Å²) in [5.41, 5.74) is 6.31. The molecule has 4 rings (SSSR count). The fourth-order valence-corrected chi connectivity index (χ4v) is 5.63. The molecule has 9 heteroatoms. The van der Waals surface area contributed by atoms with Gasteiger partial charge in [0.15, 0.2) is 0 Å². The molecule has 1 aliphatic rings. The van der Waals surface area contributed by atoms with Gasteiger partial charge in [-0.15, -0.1) is 0 Å². The first-order valence-corrected chi connectivity index (χ1v) is 12.6. The molecule has 2 aromatic carbocycles. The Kier molecular flexibility index (Phi) is 4.89. The fraction of sp³-hybridized carbons (Fsp3) is 0.238. The number of nitrogens with two attached hydrogens (primary N) is 2. The molecule has 0 unspecified atom stereocenters. The molecule has 0 amide bonds. The second-order valence-corrected chi connectivity index (χ2v) is 10.7. The van der Waals surface area contributed by atoms with Gasteiger partial charge < -0.3 is 4.57 Å². The van der Waals surface area contributed by atoms with E-state index in [4.69, 9.17) is 10.3 Å². The van der Waals surface area contributed by atoms with Crippen LogP contribution in [0.25, 0.3) is 22.3 Å². The van der Waals surface area contributed by atoms with Crippen LogP contribution in [0.3, 0.4) is 0 Å². The first-order valence-electron chi connectivity index (χ1n) is 9.47. The Morgan fingerprint density at radius 3 is 2.07 bits per heavy atom. The van der Waals surface area contributed by atoms with Gasteiger partial charge in [-0.2, -0.15) is 0 Å². The average molecular weight is 446 g/mol. The van der Waals surface area contributed by atoms with E-state index in [0.717, 1.165) is 53.0 Å². The summed E-state index contributed by atoms with van der Waals surface area (Å²) < 4.78 is 49.6. The van der Waals surface area contributed by atoms with Gasteiger partial charge >= 0.3 is 0 Å². The first-order chi connectivity index (χ1) is 14.0. The lowest BCUT2D eigenvalue weighted by Gasteiger charge is -2.12. The Morgan fingerprint density at radius 1 is 0.833 bits per heavy atom. The summed E-state index contributed by atoms with van der Waals surface area (Å²) in [5.74, 6) is 0. The summed E-state index contributed by atoms with van der Waals surface area (Å²) >= 11 is 0. The third-order valence-corrected chi connectivity index (χ3v) is 7.66. The van der Waals surface area contributed by atoms with E-state index in [1.54, 1.807) is 31.2 Å². The largest absolute Gasteiger partial charge is 0.348 e. The Balaban J connectivity index is 1.97. The van der Waals surface area contributed by atoms with Gasteiger partial charge in [-0.05, 0) is 61.6 Å². The van der Waals surface area contributed by atoms with Gasteiger partial charge in [-0.25, -0.2) is 27.1 Å². The Bertz CT molecular complexity index is 1370. The molecule has 0 fully saturated rings. The highest BCUT2D eigenvalue weighted by atomic mass is 32.2. The van der Waals surface area contributed by atoms with Crippen LogP contribution in [-0.4, -0.2) is 21.4 Å². The molecule has 30 heavy (non-hydrogen) atoms. The molecule has 0 aliphatic carbocycles. The molecule has 1 aliphatic heterocycles. The monoisotopic (exact) mass is 445 g/mol. The van der Waals surface area contributed by atoms with Crippen molar-refractivity contribution in [1.82, 2.24) is 4.57 Å². The molecular weight excluding hydrogens is 422 g/mol. The first kappa shape index (κ1) is 20.8. The third-order valence-electron chi connectivity index (χ3n) is 5.68. The van der Waals surface area contributed by atoms with E-state index in [0.29, 0.717) is 5.56 Å². The quantitative estimate of drug-likeness (QED) is 0.640. The van der Waals surface area contributed by atoms with Crippen LogP contribution in [0.5, 0.6) is 0 Å². The summed E-state index contributed by atoms with van der Waals surface area (Å²) in [7, 11) is -7.64. The van der Waals surface area contributed by atoms with Crippen molar-refractivity contribution in [3.63, 3.8) is 0 Å². The number of fused-ring (bicyclic) bond motifs is 1. The molecule has 158 valence electrons. The molecule has 0 radical (unpaired) electrons. The lowest BCUT2D eigenvalue weighted by Crippen LogP contribution is -2.13. The number of sulfonamides is 2. The molecule has 0 saturated carbocycles. The highest BCUT2D eigenvalue weighted by Crippen LogP contribution is 2.43. The van der Waals surface area contributed by atoms with Gasteiger partial charge in [0, 0.05) is 29.1 Å². The van der Waals surface area contributed by atoms with Crippen LogP contribution < -0.4 is 10.3 Å². The van der Waals surface area contributed by atoms with Gasteiger partial charge in [0.25, 0.3) is 0 Å². The molecule has 0 saturated heterocycles. The van der Waals surface area contributed by atoms with Crippen molar-refractivity contribution in [2.75, 3.05) is 0 Å². The second kappa shape index (κ2) is 7.05. The molecule has 0 bridgehead atoms. The van der Waals surface area contributed by atoms with E-state index in [-0.39, 0.29) is 9.79 Å². The van der Waals surface area contributed by atoms with Crippen LogP contribution in [-0.2, 0) is 33.0 Å². The van der Waals surface area contributed by atoms with Crippen LogP contribution in [0.1, 0.15) is 23.4 Å². The highest BCUT2D eigenvalue weighted by Gasteiger charge is 2.26. The van der Waals surface area contributed by atoms with Gasteiger partial charge in [-0.3, -0.25) is 0 Å². The minimum absolute atomic E-state index is 0.0484. The summed E-state index contributed by atoms with van der Waals surface area (Å²) in [6.07, 6.45) is 1.91. The Hall–Kier alpha value is -2.46. The van der Waals surface area contributed by atoms with Crippen molar-refractivity contribution in [3.8, 4) is 22.3 Å². The van der Waals surface area contributed by atoms with Gasteiger partial charge in [-0.1, -0.05) is 24.3 Å². The maximum Gasteiger partial charge on any atom is 0.238 e. The maximum atomic E-state index is 12.1. The van der Waals surface area contributed by atoms with Crippen LogP contribution >= 0.6 is 0 Å². The summed E-state index contributed by atoms with van der Waals surface area (Å²) in [6.45, 7) is 4.61. The zero-order valence-electron chi connectivity index (χ0n) is 16.7. The van der Waals surface area contributed by atoms with Gasteiger partial charge in [0.2, 0.25) is 20.0 Å². The fourth-order valence-electron chi connectivity index (χ4n) is 4.30. The van der Waals surface area contributed by atoms with Crippen LogP contribution in [0.15, 0.2) is 52.3 Å². The highest BCUT2D eigenvalue weighted by molar-refractivity contribution is 7.89. The molecule has 1 aromatic heterocycles. The Morgan fingerprint density at radius 2 is 1.47 bits per heavy atom. The Labute approximate surface area is 176 Å². The lowest BCUT2D eigenvalue weighted by atomic mass is 9.93. The predicted molar refractivity (Wildman–Crippen MR) is 116 cm³/mol. The number of primary sulfonamides is 2. The molecule has 4 N–H and O–H groups in total. The molecule has 0 spiro atoms. The normalized spacial score (nSPS) is 14.1. The number of nitrogens with zero attached hydrogens (tertiary/aromatic N) is 1. The van der Waals surface area contributed by atoms with E-state index in [1.807, 2.05) is 13.0 Å². The number of aryl methyl sites for hydroxylation is 1. The molecular formula is C21H23N3O4S2. The number of hydrogen-bond acceptors (Lipinski definition) is 4. The molecule has 3 aromatic rings. The van der Waals surface area contributed by atoms with E-state index < -0.39 is 20.0 Å². The van der Waals surface area contributed by atoms with Crippen molar-refractivity contribution in [3.05, 3.63) is 59.4 Å². The standard InChI is InChI=1S/C21H23N3O4S2/c1-13-5-6-16(12-19(13)30(23,27)28)20-14(2)24-11-3-4-18(24)21(20)15-7-9-17(10-8-15)29(22,25)26/h5-10,12H,3-4,11H2,1-2H3,(H2,22,25,26)(H2,23,27,28). The van der Waals surface area contributed by atoms with Crippen molar-refractivity contribution in [2.24, 2.45) is 10.3 Å². The summed E-state index contributed by atoms with van der Waals surface area (Å²) in [5, 5.41) is 10.7. The maximum absolute atomic E-state index is 12.1. The van der Waals surface area contributed by atoms with Crippen LogP contribution in [0.2, 0.25) is 0 Å². The lowest BCUT2D eigenvalue weighted by molar-refractivity contribution is 0.595. The summed E-state index contributed by atoms with van der Waals surface area (Å²) in [6, 6.07) is 11.7. The van der Waals surface area contributed by atoms with Crippen molar-refractivity contribution in [1.29, 1.82) is 0 Å². The summed E-state index contributed by atoms with van der Waals surface area (Å²) in [4.78, 5) is 0.147. The number of benzene rings is 2. The van der Waals surface area contributed by atoms with E-state index in [9.17, 15) is 16.8 Å². The predicted octanol–water partition coefficient (Wildman–Crippen LogP) is 2.68. The number of aromatic nitrogens is 1. The molecule has 7 nitrogen and oxygen atoms in total. The number of rotatable bonds is 4. The zero-order valence-corrected chi connectivity index (χ0v) is 18.3. The second-order valence-electron chi connectivity index (χ2n) is 7.63. The van der Waals surface area contributed by atoms with Crippen molar-refractivity contribution in [2.45, 2.75) is 43.0 Å². The topological polar surface area (TPSA) is 125 Å². The van der Waals surface area contributed by atoms with Gasteiger partial charge in [0.05, 0.1) is 9.79 Å². The molecule has 2 heterocycles. The zero-order chi connectivity index (χ0) is 21.8.